The molecule has 0 bridgehead atoms. The van der Waals surface area contributed by atoms with Crippen LogP contribution in [-0.2, 0) is 62.1 Å². The third kappa shape index (κ3) is 73.2. The molecule has 0 saturated carbocycles. The molecule has 0 aliphatic carbocycles. The quantitative estimate of drug-likeness (QED) is 0.322. The minimum Gasteiger partial charge on any atom is -1.00 e. The number of hydrogen-bond acceptors (Lipinski definition) is 2. The van der Waals surface area contributed by atoms with Gasteiger partial charge in [-0.05, 0) is 0 Å². The summed E-state index contributed by atoms with van der Waals surface area (Å²) in [7, 11) is -4.67. The molecule has 0 atom stereocenters. The van der Waals surface area contributed by atoms with Crippen molar-refractivity contribution in [3.05, 3.63) is 0 Å². The fraction of sp³-hybridized carbons (Fsp3) is 0. The summed E-state index contributed by atoms with van der Waals surface area (Å²) >= 11 is 0. The molecule has 2 N–H and O–H groups in total. The minimum absolute atomic E-state index is 0. The molecule has 0 rings (SSSR count). The van der Waals surface area contributed by atoms with Gasteiger partial charge < -0.3 is 1.43 Å². The molecule has 0 aromatic heterocycles. The Bertz CT molecular complexity index is 102. The Morgan fingerprint density at radius 1 is 1.12 bits per heavy atom. The van der Waals surface area contributed by atoms with E-state index in [1.54, 1.807) is 0 Å². The predicted molar refractivity (Wildman–Crippen MR) is 15.3 cm³/mol. The van der Waals surface area contributed by atoms with Gasteiger partial charge in [-0.25, -0.2) is 0 Å². The third-order valence-corrected chi connectivity index (χ3v) is 0. The molecule has 0 fully saturated rings. The molecule has 0 spiro atoms. The van der Waals surface area contributed by atoms with Crippen LogP contribution in [0.1, 0.15) is 1.43 Å². The van der Waals surface area contributed by atoms with E-state index in [4.69, 9.17) is 17.5 Å². The van der Waals surface area contributed by atoms with Crippen LogP contribution in [-0.4, -0.2) is 17.5 Å². The molecule has 0 heterocycles. The van der Waals surface area contributed by atoms with Gasteiger partial charge in [0.15, 0.2) is 0 Å². The van der Waals surface area contributed by atoms with E-state index in [-0.39, 0.29) is 82.7 Å². The van der Waals surface area contributed by atoms with Crippen molar-refractivity contribution in [3.8, 4) is 0 Å². The maximum atomic E-state index is 8.74. The molecule has 8 heavy (non-hydrogen) atoms. The first-order chi connectivity index (χ1) is 2.00. The van der Waals surface area contributed by atoms with Crippen LogP contribution < -0.4 is 29.6 Å². The Hall–Kier alpha value is 2.61. The molecule has 0 saturated heterocycles. The maximum Gasteiger partial charge on any atom is 1.00 e. The van der Waals surface area contributed by atoms with E-state index in [0.717, 1.165) is 0 Å². The Labute approximate surface area is 109 Å². The van der Waals surface area contributed by atoms with Crippen molar-refractivity contribution in [1.82, 2.24) is 0 Å². The summed E-state index contributed by atoms with van der Waals surface area (Å²) in [5.41, 5.74) is 0. The second-order valence-corrected chi connectivity index (χ2v) is 1.34. The monoisotopic (exact) mass is 212 g/mol. The van der Waals surface area contributed by atoms with Gasteiger partial charge in [-0.2, -0.15) is 8.42 Å². The first-order valence-corrected chi connectivity index (χ1v) is 2.10. The summed E-state index contributed by atoms with van der Waals surface area (Å²) in [4.78, 5) is 0. The second kappa shape index (κ2) is 9.61. The fourth-order valence-corrected chi connectivity index (χ4v) is 0. The molecule has 0 aromatic carbocycles. The van der Waals surface area contributed by atoms with Crippen LogP contribution in [0, 0.1) is 0 Å². The van der Waals surface area contributed by atoms with Gasteiger partial charge in [0.2, 0.25) is 0 Å². The topological polar surface area (TPSA) is 74.6 Å². The van der Waals surface area contributed by atoms with Crippen molar-refractivity contribution in [2.45, 2.75) is 0 Å². The van der Waals surface area contributed by atoms with E-state index < -0.39 is 10.4 Å². The summed E-state index contributed by atoms with van der Waals surface area (Å²) in [5.74, 6) is 0. The van der Waals surface area contributed by atoms with Crippen molar-refractivity contribution < 1.29 is 100 Å². The summed E-state index contributed by atoms with van der Waals surface area (Å²) in [5, 5.41) is 0. The van der Waals surface area contributed by atoms with Crippen molar-refractivity contribution in [2.75, 3.05) is 0 Å². The molecule has 0 unspecified atom stereocenters. The molecule has 4 nitrogen and oxygen atoms in total. The van der Waals surface area contributed by atoms with Crippen LogP contribution in [0.2, 0.25) is 0 Å². The SMILES string of the molecule is O=S(=O)(O)O.[H-].[Na+].[Sc].[Sc]. The first-order valence-electron chi connectivity index (χ1n) is 0.698. The zero-order valence-corrected chi connectivity index (χ0v) is 10.7. The van der Waals surface area contributed by atoms with E-state index in [2.05, 4.69) is 0 Å². The normalized spacial score (nSPS) is 7.25. The fourth-order valence-electron chi connectivity index (χ4n) is 0. The van der Waals surface area contributed by atoms with Crippen molar-refractivity contribution in [2.24, 2.45) is 0 Å². The van der Waals surface area contributed by atoms with Crippen LogP contribution in [0.4, 0.5) is 0 Å². The molecular formula is H3NaO4SSc2. The summed E-state index contributed by atoms with van der Waals surface area (Å²) in [6.07, 6.45) is 0. The van der Waals surface area contributed by atoms with Crippen molar-refractivity contribution in [3.63, 3.8) is 0 Å². The summed E-state index contributed by atoms with van der Waals surface area (Å²) in [6.45, 7) is 0. The number of rotatable bonds is 0. The largest absolute Gasteiger partial charge is 1.00 e. The average molecular weight is 212 g/mol. The van der Waals surface area contributed by atoms with Crippen LogP contribution in [0.15, 0.2) is 0 Å². The Morgan fingerprint density at radius 3 is 1.12 bits per heavy atom. The van der Waals surface area contributed by atoms with E-state index >= 15 is 0 Å². The second-order valence-electron chi connectivity index (χ2n) is 0.448. The van der Waals surface area contributed by atoms with Gasteiger partial charge >= 0.3 is 40.0 Å². The Kier molecular flexibility index (Phi) is 26.9. The van der Waals surface area contributed by atoms with Crippen LogP contribution in [0.25, 0.3) is 0 Å². The van der Waals surface area contributed by atoms with E-state index in [9.17, 15) is 0 Å². The molecule has 40 valence electrons. The van der Waals surface area contributed by atoms with Crippen LogP contribution in [0.5, 0.6) is 0 Å². The van der Waals surface area contributed by atoms with Crippen LogP contribution in [0.3, 0.4) is 0 Å². The standard InChI is InChI=1S/Na.H2O4S.2Sc.H/c;1-5(2,3)4;;;/h;(H2,1,2,3,4);;;/q+1;;;;-1. The predicted octanol–water partition coefficient (Wildman–Crippen LogP) is -3.54. The van der Waals surface area contributed by atoms with Gasteiger partial charge in [0.1, 0.15) is 0 Å². The van der Waals surface area contributed by atoms with Gasteiger partial charge in [-0.15, -0.1) is 0 Å². The Balaban J connectivity index is -0.0000000133. The third-order valence-electron chi connectivity index (χ3n) is 0. The van der Waals surface area contributed by atoms with Gasteiger partial charge in [-0.3, -0.25) is 9.11 Å². The Morgan fingerprint density at radius 2 is 1.12 bits per heavy atom. The zero-order chi connectivity index (χ0) is 4.50. The molecule has 2 radical (unpaired) electrons. The van der Waals surface area contributed by atoms with Crippen LogP contribution >= 0.6 is 0 Å². The maximum absolute atomic E-state index is 8.74. The zero-order valence-electron chi connectivity index (χ0n) is 5.27. The number of hydrogen-bond donors (Lipinski definition) is 2. The minimum atomic E-state index is -4.67. The van der Waals surface area contributed by atoms with Gasteiger partial charge in [0.25, 0.3) is 0 Å². The van der Waals surface area contributed by atoms with Gasteiger partial charge in [0, 0.05) is 51.7 Å². The summed E-state index contributed by atoms with van der Waals surface area (Å²) < 4.78 is 31.6. The molecule has 0 amide bonds. The molecule has 0 aromatic rings. The van der Waals surface area contributed by atoms with Gasteiger partial charge in [-0.1, -0.05) is 0 Å². The van der Waals surface area contributed by atoms with Gasteiger partial charge in [0.05, 0.1) is 0 Å². The van der Waals surface area contributed by atoms with Crippen molar-refractivity contribution in [1.29, 1.82) is 0 Å². The van der Waals surface area contributed by atoms with E-state index in [1.807, 2.05) is 0 Å². The van der Waals surface area contributed by atoms with E-state index in [1.165, 1.54) is 0 Å². The molecule has 0 aliphatic rings. The molecule has 8 heteroatoms. The average Bonchev–Trinajstić information content (AvgIpc) is 0.722. The first kappa shape index (κ1) is 22.4. The van der Waals surface area contributed by atoms with Crippen molar-refractivity contribution >= 4 is 10.4 Å². The molecular weight excluding hydrogens is 209 g/mol. The molecule has 0 aliphatic heterocycles. The smallest absolute Gasteiger partial charge is 1.00 e. The van der Waals surface area contributed by atoms with E-state index in [0.29, 0.717) is 0 Å². The summed E-state index contributed by atoms with van der Waals surface area (Å²) in [6, 6.07) is 0.